The maximum Gasteiger partial charge on any atom is 0.304 e. The molecule has 1 aliphatic rings. The van der Waals surface area contributed by atoms with Gasteiger partial charge in [0.05, 0.1) is 6.42 Å². The van der Waals surface area contributed by atoms with E-state index in [1.807, 2.05) is 31.2 Å². The highest BCUT2D eigenvalue weighted by atomic mass is 32.2. The first kappa shape index (κ1) is 18.8. The van der Waals surface area contributed by atoms with Gasteiger partial charge in [0.25, 0.3) is 0 Å². The normalized spacial score (nSPS) is 16.5. The molecule has 0 spiro atoms. The predicted octanol–water partition coefficient (Wildman–Crippen LogP) is 3.40. The van der Waals surface area contributed by atoms with Crippen molar-refractivity contribution in [2.24, 2.45) is 11.8 Å². The maximum atomic E-state index is 12.4. The van der Waals surface area contributed by atoms with Gasteiger partial charge in [-0.3, -0.25) is 9.59 Å². The van der Waals surface area contributed by atoms with Crippen molar-refractivity contribution in [2.75, 3.05) is 24.3 Å². The molecular formula is C18H25NO4S. The zero-order valence-electron chi connectivity index (χ0n) is 14.0. The van der Waals surface area contributed by atoms with Gasteiger partial charge in [0, 0.05) is 36.3 Å². The van der Waals surface area contributed by atoms with E-state index in [1.54, 1.807) is 11.8 Å². The Morgan fingerprint density at radius 1 is 1.38 bits per heavy atom. The minimum absolute atomic E-state index is 0.0255. The van der Waals surface area contributed by atoms with Crippen LogP contribution >= 0.6 is 11.8 Å². The second-order valence-corrected chi connectivity index (χ2v) is 7.23. The van der Waals surface area contributed by atoms with E-state index >= 15 is 0 Å². The van der Waals surface area contributed by atoms with Crippen molar-refractivity contribution in [3.05, 3.63) is 29.8 Å². The van der Waals surface area contributed by atoms with Gasteiger partial charge in [0.1, 0.15) is 0 Å². The second kappa shape index (κ2) is 9.69. The third kappa shape index (κ3) is 6.17. The Kier molecular flexibility index (Phi) is 7.59. The average molecular weight is 351 g/mol. The third-order valence-corrected chi connectivity index (χ3v) is 5.34. The van der Waals surface area contributed by atoms with Crippen LogP contribution in [0, 0.1) is 11.8 Å². The summed E-state index contributed by atoms with van der Waals surface area (Å²) in [4.78, 5) is 22.9. The lowest BCUT2D eigenvalue weighted by molar-refractivity contribution is -0.136. The number of ether oxygens (including phenoxy) is 1. The summed E-state index contributed by atoms with van der Waals surface area (Å²) in [6.07, 6.45) is 2.05. The number of carbonyl (C=O) groups excluding carboxylic acids is 1. The van der Waals surface area contributed by atoms with E-state index in [-0.39, 0.29) is 18.2 Å². The Bertz CT molecular complexity index is 558. The molecule has 0 aliphatic carbocycles. The summed E-state index contributed by atoms with van der Waals surface area (Å²) < 4.78 is 5.35. The number of aliphatic carboxylic acids is 1. The summed E-state index contributed by atoms with van der Waals surface area (Å²) in [7, 11) is 0. The monoisotopic (exact) mass is 351 g/mol. The quantitative estimate of drug-likeness (QED) is 0.702. The lowest BCUT2D eigenvalue weighted by atomic mass is 9.87. The molecule has 1 aromatic rings. The van der Waals surface area contributed by atoms with Crippen LogP contribution in [0.3, 0.4) is 0 Å². The standard InChI is InChI=1S/C18H25NO4S/c1-13(15-5-8-23-9-6-15)18(22)19-16-4-2-3-14(11-16)12-24-10-7-17(20)21/h2-4,11,13,15H,5-10,12H2,1H3,(H,19,22)(H,20,21). The first-order chi connectivity index (χ1) is 11.6. The van der Waals surface area contributed by atoms with Crippen molar-refractivity contribution in [1.82, 2.24) is 0 Å². The predicted molar refractivity (Wildman–Crippen MR) is 96.2 cm³/mol. The molecule has 24 heavy (non-hydrogen) atoms. The number of carboxylic acid groups (broad SMARTS) is 1. The number of carboxylic acids is 1. The number of hydrogen-bond acceptors (Lipinski definition) is 4. The molecule has 2 rings (SSSR count). The van der Waals surface area contributed by atoms with Crippen molar-refractivity contribution in [1.29, 1.82) is 0 Å². The van der Waals surface area contributed by atoms with E-state index in [9.17, 15) is 9.59 Å². The lowest BCUT2D eigenvalue weighted by Gasteiger charge is -2.27. The van der Waals surface area contributed by atoms with Gasteiger partial charge in [0.15, 0.2) is 0 Å². The molecule has 0 bridgehead atoms. The molecule has 1 heterocycles. The average Bonchev–Trinajstić information content (AvgIpc) is 2.59. The van der Waals surface area contributed by atoms with Crippen LogP contribution in [0.5, 0.6) is 0 Å². The highest BCUT2D eigenvalue weighted by Crippen LogP contribution is 2.25. The molecule has 0 radical (unpaired) electrons. The fourth-order valence-corrected chi connectivity index (χ4v) is 3.65. The van der Waals surface area contributed by atoms with Crippen LogP contribution in [0.15, 0.2) is 24.3 Å². The van der Waals surface area contributed by atoms with E-state index < -0.39 is 5.97 Å². The zero-order valence-corrected chi connectivity index (χ0v) is 14.8. The van der Waals surface area contributed by atoms with Gasteiger partial charge in [-0.05, 0) is 36.5 Å². The van der Waals surface area contributed by atoms with E-state index in [4.69, 9.17) is 9.84 Å². The summed E-state index contributed by atoms with van der Waals surface area (Å²) in [6.45, 7) is 3.47. The van der Waals surface area contributed by atoms with Gasteiger partial charge in [-0.15, -0.1) is 0 Å². The summed E-state index contributed by atoms with van der Waals surface area (Å²) in [5, 5.41) is 11.6. The van der Waals surface area contributed by atoms with E-state index in [1.165, 1.54) is 0 Å². The van der Waals surface area contributed by atoms with Crippen LogP contribution in [0.4, 0.5) is 5.69 Å². The van der Waals surface area contributed by atoms with Gasteiger partial charge in [-0.2, -0.15) is 11.8 Å². The van der Waals surface area contributed by atoms with E-state index in [0.717, 1.165) is 43.1 Å². The van der Waals surface area contributed by atoms with E-state index in [2.05, 4.69) is 5.32 Å². The molecule has 1 saturated heterocycles. The van der Waals surface area contributed by atoms with Crippen molar-refractivity contribution >= 4 is 29.3 Å². The van der Waals surface area contributed by atoms with Crippen molar-refractivity contribution in [2.45, 2.75) is 31.9 Å². The number of benzene rings is 1. The summed E-state index contributed by atoms with van der Waals surface area (Å²) in [6, 6.07) is 7.76. The number of hydrogen-bond donors (Lipinski definition) is 2. The maximum absolute atomic E-state index is 12.4. The highest BCUT2D eigenvalue weighted by Gasteiger charge is 2.25. The van der Waals surface area contributed by atoms with Gasteiger partial charge >= 0.3 is 5.97 Å². The molecule has 5 nitrogen and oxygen atoms in total. The summed E-state index contributed by atoms with van der Waals surface area (Å²) >= 11 is 1.58. The van der Waals surface area contributed by atoms with Crippen LogP contribution < -0.4 is 5.32 Å². The summed E-state index contributed by atoms with van der Waals surface area (Å²) in [5.41, 5.74) is 1.89. The second-order valence-electron chi connectivity index (χ2n) is 6.12. The molecule has 1 aromatic carbocycles. The van der Waals surface area contributed by atoms with Gasteiger partial charge in [-0.25, -0.2) is 0 Å². The first-order valence-electron chi connectivity index (χ1n) is 8.33. The summed E-state index contributed by atoms with van der Waals surface area (Å²) in [5.74, 6) is 0.971. The molecule has 6 heteroatoms. The number of thioether (sulfide) groups is 1. The SMILES string of the molecule is CC(C(=O)Nc1cccc(CSCCC(=O)O)c1)C1CCOCC1. The van der Waals surface area contributed by atoms with Crippen LogP contribution in [-0.2, 0) is 20.1 Å². The number of nitrogens with one attached hydrogen (secondary N) is 1. The molecular weight excluding hydrogens is 326 g/mol. The van der Waals surface area contributed by atoms with Crippen molar-refractivity contribution in [3.63, 3.8) is 0 Å². The molecule has 0 saturated carbocycles. The molecule has 132 valence electrons. The Balaban J connectivity index is 1.84. The zero-order chi connectivity index (χ0) is 17.4. The molecule has 1 aliphatic heterocycles. The van der Waals surface area contributed by atoms with E-state index in [0.29, 0.717) is 11.7 Å². The highest BCUT2D eigenvalue weighted by molar-refractivity contribution is 7.98. The van der Waals surface area contributed by atoms with Gasteiger partial charge < -0.3 is 15.2 Å². The Labute approximate surface area is 147 Å². The fourth-order valence-electron chi connectivity index (χ4n) is 2.77. The smallest absolute Gasteiger partial charge is 0.304 e. The Morgan fingerprint density at radius 2 is 2.12 bits per heavy atom. The molecule has 2 N–H and O–H groups in total. The van der Waals surface area contributed by atoms with Crippen LogP contribution in [0.25, 0.3) is 0 Å². The van der Waals surface area contributed by atoms with Crippen molar-refractivity contribution < 1.29 is 19.4 Å². The van der Waals surface area contributed by atoms with Gasteiger partial charge in [-0.1, -0.05) is 19.1 Å². The third-order valence-electron chi connectivity index (χ3n) is 4.31. The first-order valence-corrected chi connectivity index (χ1v) is 9.49. The van der Waals surface area contributed by atoms with Gasteiger partial charge in [0.2, 0.25) is 5.91 Å². The molecule has 1 fully saturated rings. The van der Waals surface area contributed by atoms with Crippen molar-refractivity contribution in [3.8, 4) is 0 Å². The molecule has 1 atom stereocenters. The van der Waals surface area contributed by atoms with Crippen LogP contribution in [-0.4, -0.2) is 35.9 Å². The Morgan fingerprint density at radius 3 is 2.83 bits per heavy atom. The molecule has 1 amide bonds. The largest absolute Gasteiger partial charge is 0.481 e. The fraction of sp³-hybridized carbons (Fsp3) is 0.556. The topological polar surface area (TPSA) is 75.6 Å². The minimum Gasteiger partial charge on any atom is -0.481 e. The van der Waals surface area contributed by atoms with Crippen LogP contribution in [0.1, 0.15) is 31.7 Å². The number of amides is 1. The number of anilines is 1. The number of carbonyl (C=O) groups is 2. The minimum atomic E-state index is -0.773. The molecule has 0 aromatic heterocycles. The number of rotatable bonds is 8. The van der Waals surface area contributed by atoms with Crippen LogP contribution in [0.2, 0.25) is 0 Å². The lowest BCUT2D eigenvalue weighted by Crippen LogP contribution is -2.30. The Hall–Kier alpha value is -1.53. The molecule has 1 unspecified atom stereocenters.